The van der Waals surface area contributed by atoms with E-state index in [1.807, 2.05) is 7.05 Å². The Hall–Kier alpha value is -0.0800. The third-order valence-corrected chi connectivity index (χ3v) is 3.48. The average Bonchev–Trinajstić information content (AvgIpc) is 2.18. The fourth-order valence-electron chi connectivity index (χ4n) is 2.19. The van der Waals surface area contributed by atoms with Crippen molar-refractivity contribution < 1.29 is 5.11 Å². The van der Waals surface area contributed by atoms with Crippen molar-refractivity contribution in [3.05, 3.63) is 0 Å². The van der Waals surface area contributed by atoms with Gasteiger partial charge in [0.25, 0.3) is 0 Å². The number of aliphatic hydroxyl groups is 1. The first-order chi connectivity index (χ1) is 6.08. The topological polar surface area (TPSA) is 32.3 Å². The second kappa shape index (κ2) is 4.43. The van der Waals surface area contributed by atoms with E-state index in [1.165, 1.54) is 32.1 Å². The Kier molecular flexibility index (Phi) is 3.74. The lowest BCUT2D eigenvalue weighted by molar-refractivity contribution is 0.0176. The summed E-state index contributed by atoms with van der Waals surface area (Å²) >= 11 is 0. The van der Waals surface area contributed by atoms with Crippen LogP contribution in [-0.2, 0) is 0 Å². The molecule has 1 unspecified atom stereocenters. The van der Waals surface area contributed by atoms with Gasteiger partial charge in [-0.3, -0.25) is 0 Å². The molecule has 0 spiro atoms. The smallest absolute Gasteiger partial charge is 0.0744 e. The number of aliphatic hydroxyl groups excluding tert-OH is 1. The molecule has 0 saturated heterocycles. The highest BCUT2D eigenvalue weighted by Crippen LogP contribution is 2.30. The summed E-state index contributed by atoms with van der Waals surface area (Å²) < 4.78 is 0. The van der Waals surface area contributed by atoms with Gasteiger partial charge in [0.1, 0.15) is 0 Å². The fourth-order valence-corrected chi connectivity index (χ4v) is 2.19. The van der Waals surface area contributed by atoms with Crippen molar-refractivity contribution in [2.45, 2.75) is 57.6 Å². The molecular formula is C11H23NO. The van der Waals surface area contributed by atoms with E-state index in [9.17, 15) is 5.11 Å². The molecule has 0 amide bonds. The minimum Gasteiger partial charge on any atom is -0.391 e. The fraction of sp³-hybridized carbons (Fsp3) is 1.00. The SMILES string of the molecule is CNC(C)(C)C(O)C1CCCCC1. The average molecular weight is 185 g/mol. The van der Waals surface area contributed by atoms with Crippen LogP contribution in [0.4, 0.5) is 0 Å². The largest absolute Gasteiger partial charge is 0.391 e. The van der Waals surface area contributed by atoms with E-state index in [2.05, 4.69) is 19.2 Å². The zero-order valence-corrected chi connectivity index (χ0v) is 9.14. The minimum absolute atomic E-state index is 0.137. The van der Waals surface area contributed by atoms with Gasteiger partial charge in [0, 0.05) is 5.54 Å². The maximum Gasteiger partial charge on any atom is 0.0744 e. The quantitative estimate of drug-likeness (QED) is 0.704. The van der Waals surface area contributed by atoms with Crippen LogP contribution in [0, 0.1) is 5.92 Å². The van der Waals surface area contributed by atoms with Crippen molar-refractivity contribution in [3.8, 4) is 0 Å². The summed E-state index contributed by atoms with van der Waals surface area (Å²) in [5.74, 6) is 0.510. The van der Waals surface area contributed by atoms with Crippen molar-refractivity contribution in [1.82, 2.24) is 5.32 Å². The third-order valence-electron chi connectivity index (χ3n) is 3.48. The van der Waals surface area contributed by atoms with E-state index in [0.29, 0.717) is 5.92 Å². The summed E-state index contributed by atoms with van der Waals surface area (Å²) in [5.41, 5.74) is -0.137. The zero-order chi connectivity index (χ0) is 9.90. The number of hydrogen-bond acceptors (Lipinski definition) is 2. The maximum absolute atomic E-state index is 10.1. The molecule has 0 radical (unpaired) electrons. The standard InChI is InChI=1S/C11H23NO/c1-11(2,12-3)10(13)9-7-5-4-6-8-9/h9-10,12-13H,4-8H2,1-3H3. The molecule has 1 atom stereocenters. The van der Waals surface area contributed by atoms with Gasteiger partial charge in [-0.15, -0.1) is 0 Å². The molecule has 1 fully saturated rings. The molecule has 13 heavy (non-hydrogen) atoms. The molecule has 1 aliphatic rings. The molecular weight excluding hydrogens is 162 g/mol. The van der Waals surface area contributed by atoms with Gasteiger partial charge in [-0.2, -0.15) is 0 Å². The Morgan fingerprint density at radius 3 is 2.23 bits per heavy atom. The third kappa shape index (κ3) is 2.68. The van der Waals surface area contributed by atoms with E-state index >= 15 is 0 Å². The first-order valence-electron chi connectivity index (χ1n) is 5.45. The molecule has 78 valence electrons. The van der Waals surface area contributed by atoms with E-state index in [-0.39, 0.29) is 11.6 Å². The van der Waals surface area contributed by atoms with Crippen LogP contribution in [0.2, 0.25) is 0 Å². The number of rotatable bonds is 3. The molecule has 0 aliphatic heterocycles. The lowest BCUT2D eigenvalue weighted by Gasteiger charge is -2.37. The highest BCUT2D eigenvalue weighted by atomic mass is 16.3. The van der Waals surface area contributed by atoms with Crippen molar-refractivity contribution in [1.29, 1.82) is 0 Å². The maximum atomic E-state index is 10.1. The summed E-state index contributed by atoms with van der Waals surface area (Å²) in [7, 11) is 1.92. The first kappa shape index (κ1) is 11.0. The summed E-state index contributed by atoms with van der Waals surface area (Å²) in [6.07, 6.45) is 6.14. The summed E-state index contributed by atoms with van der Waals surface area (Å²) in [6.45, 7) is 4.15. The highest BCUT2D eigenvalue weighted by Gasteiger charge is 2.33. The first-order valence-corrected chi connectivity index (χ1v) is 5.45. The van der Waals surface area contributed by atoms with Crippen LogP contribution in [0.1, 0.15) is 46.0 Å². The van der Waals surface area contributed by atoms with Crippen LogP contribution in [0.3, 0.4) is 0 Å². The molecule has 0 aromatic carbocycles. The number of likely N-dealkylation sites (N-methyl/N-ethyl adjacent to an activating group) is 1. The summed E-state index contributed by atoms with van der Waals surface area (Å²) in [5, 5.41) is 13.3. The Bertz CT molecular complexity index is 150. The van der Waals surface area contributed by atoms with Gasteiger partial charge in [0.15, 0.2) is 0 Å². The van der Waals surface area contributed by atoms with Gasteiger partial charge in [-0.05, 0) is 39.7 Å². The second-order valence-corrected chi connectivity index (χ2v) is 4.81. The van der Waals surface area contributed by atoms with Crippen LogP contribution >= 0.6 is 0 Å². The van der Waals surface area contributed by atoms with Gasteiger partial charge in [0.2, 0.25) is 0 Å². The number of nitrogens with one attached hydrogen (secondary N) is 1. The molecule has 1 rings (SSSR count). The van der Waals surface area contributed by atoms with Gasteiger partial charge in [0.05, 0.1) is 6.10 Å². The predicted molar refractivity (Wildman–Crippen MR) is 55.7 cm³/mol. The van der Waals surface area contributed by atoms with Crippen LogP contribution in [0.5, 0.6) is 0 Å². The Morgan fingerprint density at radius 1 is 1.23 bits per heavy atom. The molecule has 2 heteroatoms. The van der Waals surface area contributed by atoms with E-state index in [0.717, 1.165) is 0 Å². The van der Waals surface area contributed by atoms with E-state index in [1.54, 1.807) is 0 Å². The van der Waals surface area contributed by atoms with Crippen LogP contribution in [-0.4, -0.2) is 23.8 Å². The van der Waals surface area contributed by atoms with Gasteiger partial charge >= 0.3 is 0 Å². The summed E-state index contributed by atoms with van der Waals surface area (Å²) in [4.78, 5) is 0. The van der Waals surface area contributed by atoms with Gasteiger partial charge < -0.3 is 10.4 Å². The molecule has 0 heterocycles. The lowest BCUT2D eigenvalue weighted by atomic mass is 9.78. The Morgan fingerprint density at radius 2 is 1.77 bits per heavy atom. The molecule has 1 aliphatic carbocycles. The van der Waals surface area contributed by atoms with Crippen LogP contribution in [0.15, 0.2) is 0 Å². The molecule has 2 N–H and O–H groups in total. The van der Waals surface area contributed by atoms with Crippen LogP contribution in [0.25, 0.3) is 0 Å². The Balaban J connectivity index is 2.49. The normalized spacial score (nSPS) is 23.1. The monoisotopic (exact) mass is 185 g/mol. The second-order valence-electron chi connectivity index (χ2n) is 4.81. The van der Waals surface area contributed by atoms with Crippen molar-refractivity contribution in [2.75, 3.05) is 7.05 Å². The predicted octanol–water partition coefficient (Wildman–Crippen LogP) is 1.93. The minimum atomic E-state index is -0.196. The summed E-state index contributed by atoms with van der Waals surface area (Å²) in [6, 6.07) is 0. The van der Waals surface area contributed by atoms with E-state index in [4.69, 9.17) is 0 Å². The van der Waals surface area contributed by atoms with Crippen LogP contribution < -0.4 is 5.32 Å². The van der Waals surface area contributed by atoms with E-state index < -0.39 is 0 Å². The molecule has 1 saturated carbocycles. The highest BCUT2D eigenvalue weighted by molar-refractivity contribution is 4.89. The molecule has 2 nitrogen and oxygen atoms in total. The lowest BCUT2D eigenvalue weighted by Crippen LogP contribution is -2.51. The van der Waals surface area contributed by atoms with Crippen molar-refractivity contribution in [3.63, 3.8) is 0 Å². The zero-order valence-electron chi connectivity index (χ0n) is 9.14. The molecule has 0 bridgehead atoms. The molecule has 0 aromatic rings. The molecule has 0 aromatic heterocycles. The number of hydrogen-bond donors (Lipinski definition) is 2. The Labute approximate surface area is 81.7 Å². The van der Waals surface area contributed by atoms with Crippen molar-refractivity contribution >= 4 is 0 Å². The van der Waals surface area contributed by atoms with Gasteiger partial charge in [-0.1, -0.05) is 19.3 Å². The van der Waals surface area contributed by atoms with Gasteiger partial charge in [-0.25, -0.2) is 0 Å². The van der Waals surface area contributed by atoms with Crippen molar-refractivity contribution in [2.24, 2.45) is 5.92 Å².